The van der Waals surface area contributed by atoms with E-state index in [2.05, 4.69) is 25.6 Å². The molecule has 3 aliphatic heterocycles. The molecule has 2 saturated heterocycles. The molecule has 0 radical (unpaired) electrons. The van der Waals surface area contributed by atoms with Crippen LogP contribution in [0.1, 0.15) is 85.0 Å². The predicted octanol–water partition coefficient (Wildman–Crippen LogP) is 4.74. The fourth-order valence-electron chi connectivity index (χ4n) is 6.73. The standard InChI is InChI=1S/C39H60ClN9O7/c1-11-27(14-15-45(10)22-26-23-48(24-26)36(53)55-38(3,4)5)34(51)46-16-18-47(19-17-46)35(52)29-13-12-28(21-30(29)40)42-33(50)32(41-9)43-31-20-25(2)44-49(31)37(54)56-39(6,7)8/h12-13,21,26-27,31H,11,14-20,22-24H2,1-10H3,(H,41,43)(H,42,50). The van der Waals surface area contributed by atoms with Crippen LogP contribution in [0.5, 0.6) is 0 Å². The number of carbonyl (C=O) groups is 5. The summed E-state index contributed by atoms with van der Waals surface area (Å²) in [5, 5.41) is 11.3. The molecule has 56 heavy (non-hydrogen) atoms. The van der Waals surface area contributed by atoms with E-state index in [-0.39, 0.29) is 40.2 Å². The Balaban J connectivity index is 1.23. The lowest BCUT2D eigenvalue weighted by Crippen LogP contribution is -2.54. The van der Waals surface area contributed by atoms with Gasteiger partial charge in [-0.05, 0) is 93.1 Å². The highest BCUT2D eigenvalue weighted by molar-refractivity contribution is 6.42. The molecule has 1 aromatic rings. The molecule has 310 valence electrons. The van der Waals surface area contributed by atoms with Gasteiger partial charge in [-0.1, -0.05) is 18.5 Å². The molecule has 0 aliphatic carbocycles. The Hall–Kier alpha value is -4.44. The number of amidine groups is 1. The number of anilines is 1. The van der Waals surface area contributed by atoms with Crippen LogP contribution in [0.4, 0.5) is 15.3 Å². The number of amides is 5. The van der Waals surface area contributed by atoms with Gasteiger partial charge in [-0.25, -0.2) is 9.59 Å². The highest BCUT2D eigenvalue weighted by atomic mass is 35.5. The maximum absolute atomic E-state index is 13.5. The van der Waals surface area contributed by atoms with Crippen molar-refractivity contribution in [3.05, 3.63) is 28.8 Å². The zero-order chi connectivity index (χ0) is 41.5. The minimum atomic E-state index is -0.725. The predicted molar refractivity (Wildman–Crippen MR) is 216 cm³/mol. The zero-order valence-electron chi connectivity index (χ0n) is 34.6. The fourth-order valence-corrected chi connectivity index (χ4v) is 6.99. The van der Waals surface area contributed by atoms with Crippen molar-refractivity contribution in [3.63, 3.8) is 0 Å². The van der Waals surface area contributed by atoms with E-state index in [0.29, 0.717) is 63.0 Å². The van der Waals surface area contributed by atoms with Gasteiger partial charge in [0.15, 0.2) is 5.84 Å². The average Bonchev–Trinajstić information content (AvgIpc) is 3.46. The van der Waals surface area contributed by atoms with Crippen LogP contribution in [0.25, 0.3) is 0 Å². The minimum Gasteiger partial charge on any atom is -0.444 e. The molecule has 0 aromatic heterocycles. The molecule has 1 aromatic carbocycles. The van der Waals surface area contributed by atoms with E-state index in [0.717, 1.165) is 30.9 Å². The number of rotatable bonds is 10. The first-order chi connectivity index (χ1) is 26.2. The van der Waals surface area contributed by atoms with Crippen molar-refractivity contribution < 1.29 is 33.4 Å². The third-order valence-corrected chi connectivity index (χ3v) is 9.91. The summed E-state index contributed by atoms with van der Waals surface area (Å²) in [7, 11) is 3.50. The van der Waals surface area contributed by atoms with E-state index in [1.807, 2.05) is 39.6 Å². The maximum Gasteiger partial charge on any atom is 0.432 e. The quantitative estimate of drug-likeness (QED) is 0.251. The number of hydrazone groups is 1. The summed E-state index contributed by atoms with van der Waals surface area (Å²) in [4.78, 5) is 76.8. The van der Waals surface area contributed by atoms with Crippen LogP contribution in [0.2, 0.25) is 5.02 Å². The summed E-state index contributed by atoms with van der Waals surface area (Å²) in [5.74, 6) is -0.500. The lowest BCUT2D eigenvalue weighted by atomic mass is 9.98. The van der Waals surface area contributed by atoms with E-state index in [4.69, 9.17) is 21.1 Å². The number of carbonyl (C=O) groups excluding carboxylic acids is 5. The van der Waals surface area contributed by atoms with Gasteiger partial charge in [0.05, 0.1) is 10.6 Å². The Morgan fingerprint density at radius 1 is 0.964 bits per heavy atom. The highest BCUT2D eigenvalue weighted by Crippen LogP contribution is 2.25. The van der Waals surface area contributed by atoms with E-state index in [1.165, 1.54) is 13.1 Å². The van der Waals surface area contributed by atoms with Gasteiger partial charge >= 0.3 is 12.2 Å². The van der Waals surface area contributed by atoms with Crippen molar-refractivity contribution in [3.8, 4) is 0 Å². The number of aliphatic imine (C=N–C) groups is 1. The van der Waals surface area contributed by atoms with Crippen molar-refractivity contribution in [1.29, 1.82) is 0 Å². The molecule has 2 fully saturated rings. The summed E-state index contributed by atoms with van der Waals surface area (Å²) >= 11 is 6.58. The number of piperazine rings is 1. The Labute approximate surface area is 335 Å². The summed E-state index contributed by atoms with van der Waals surface area (Å²) in [6.07, 6.45) is 0.224. The number of ether oxygens (including phenoxy) is 2. The van der Waals surface area contributed by atoms with Crippen molar-refractivity contribution in [2.75, 3.05) is 71.8 Å². The average molecular weight is 802 g/mol. The third-order valence-electron chi connectivity index (χ3n) is 9.60. The lowest BCUT2D eigenvalue weighted by molar-refractivity contribution is -0.137. The van der Waals surface area contributed by atoms with Gasteiger partial charge in [0.2, 0.25) is 5.91 Å². The number of halogens is 1. The number of benzene rings is 1. The highest BCUT2D eigenvalue weighted by Gasteiger charge is 2.36. The molecule has 0 saturated carbocycles. The van der Waals surface area contributed by atoms with Crippen molar-refractivity contribution >= 4 is 58.7 Å². The molecule has 17 heteroatoms. The second-order valence-electron chi connectivity index (χ2n) is 16.8. The van der Waals surface area contributed by atoms with Gasteiger partial charge in [0.1, 0.15) is 17.4 Å². The largest absolute Gasteiger partial charge is 0.444 e. The van der Waals surface area contributed by atoms with Crippen LogP contribution in [0.15, 0.2) is 28.3 Å². The molecular formula is C39H60ClN9O7. The molecule has 0 spiro atoms. The van der Waals surface area contributed by atoms with Crippen molar-refractivity contribution in [2.45, 2.75) is 92.0 Å². The zero-order valence-corrected chi connectivity index (χ0v) is 35.4. The van der Waals surface area contributed by atoms with Gasteiger partial charge in [-0.15, -0.1) is 0 Å². The normalized spacial score (nSPS) is 18.7. The Morgan fingerprint density at radius 3 is 2.14 bits per heavy atom. The molecular weight excluding hydrogens is 742 g/mol. The van der Waals surface area contributed by atoms with Gasteiger partial charge in [0.25, 0.3) is 11.8 Å². The van der Waals surface area contributed by atoms with Gasteiger partial charge in [-0.2, -0.15) is 10.1 Å². The monoisotopic (exact) mass is 801 g/mol. The molecule has 0 bridgehead atoms. The van der Waals surface area contributed by atoms with E-state index in [9.17, 15) is 24.0 Å². The summed E-state index contributed by atoms with van der Waals surface area (Å²) < 4.78 is 10.9. The number of nitrogens with zero attached hydrogens (tertiary/aromatic N) is 7. The molecule has 5 amide bonds. The molecule has 16 nitrogen and oxygen atoms in total. The minimum absolute atomic E-state index is 0.0312. The van der Waals surface area contributed by atoms with E-state index < -0.39 is 29.4 Å². The Kier molecular flexibility index (Phi) is 14.8. The van der Waals surface area contributed by atoms with Crippen LogP contribution in [0.3, 0.4) is 0 Å². The summed E-state index contributed by atoms with van der Waals surface area (Å²) in [6.45, 7) is 19.2. The molecule has 2 unspecified atom stereocenters. The smallest absolute Gasteiger partial charge is 0.432 e. The van der Waals surface area contributed by atoms with Gasteiger partial charge in [-0.3, -0.25) is 19.4 Å². The van der Waals surface area contributed by atoms with Crippen LogP contribution in [0, 0.1) is 11.8 Å². The van der Waals surface area contributed by atoms with Crippen LogP contribution in [-0.4, -0.2) is 150 Å². The van der Waals surface area contributed by atoms with E-state index in [1.54, 1.807) is 49.6 Å². The van der Waals surface area contributed by atoms with Crippen molar-refractivity contribution in [1.82, 2.24) is 29.9 Å². The lowest BCUT2D eigenvalue weighted by Gasteiger charge is -2.41. The molecule has 3 aliphatic rings. The second-order valence-corrected chi connectivity index (χ2v) is 17.2. The van der Waals surface area contributed by atoms with Crippen LogP contribution in [-0.2, 0) is 19.1 Å². The Morgan fingerprint density at radius 2 is 1.57 bits per heavy atom. The topological polar surface area (TPSA) is 169 Å². The molecule has 4 rings (SSSR count). The Bertz CT molecular complexity index is 1670. The second kappa shape index (κ2) is 18.7. The first-order valence-corrected chi connectivity index (χ1v) is 19.7. The van der Waals surface area contributed by atoms with Gasteiger partial charge in [0, 0.05) is 82.5 Å². The number of hydrogen-bond acceptors (Lipinski definition) is 10. The van der Waals surface area contributed by atoms with E-state index >= 15 is 0 Å². The number of likely N-dealkylation sites (tertiary alicyclic amines) is 1. The van der Waals surface area contributed by atoms with Gasteiger partial charge < -0.3 is 39.7 Å². The summed E-state index contributed by atoms with van der Waals surface area (Å²) in [6, 6.07) is 4.65. The fraction of sp³-hybridized carbons (Fsp3) is 0.667. The molecule has 2 N–H and O–H groups in total. The molecule has 3 heterocycles. The first-order valence-electron chi connectivity index (χ1n) is 19.3. The van der Waals surface area contributed by atoms with Crippen LogP contribution >= 0.6 is 11.6 Å². The SMILES string of the molecule is CCC(CCN(C)CC1CN(C(=O)OC(C)(C)C)C1)C(=O)N1CCN(C(=O)c2ccc(NC(=O)C(=NC)NC3CC(C)=NN3C(=O)OC(C)(C)C)cc2Cl)CC1. The molecule has 2 atom stereocenters. The van der Waals surface area contributed by atoms with Crippen LogP contribution < -0.4 is 10.6 Å². The first kappa shape index (κ1) is 44.3. The maximum atomic E-state index is 13.5. The summed E-state index contributed by atoms with van der Waals surface area (Å²) in [5.41, 5.74) is 0.0869. The third kappa shape index (κ3) is 12.3. The number of hydrogen-bond donors (Lipinski definition) is 2. The number of nitrogens with one attached hydrogen (secondary N) is 2. The van der Waals surface area contributed by atoms with Crippen molar-refractivity contribution in [2.24, 2.45) is 21.9 Å².